The van der Waals surface area contributed by atoms with Crippen LogP contribution in [-0.2, 0) is 10.0 Å². The Kier molecular flexibility index (Phi) is 4.88. The van der Waals surface area contributed by atoms with E-state index in [1.807, 2.05) is 0 Å². The highest BCUT2D eigenvalue weighted by atomic mass is 35.5. The van der Waals surface area contributed by atoms with E-state index in [2.05, 4.69) is 22.2 Å². The van der Waals surface area contributed by atoms with Crippen molar-refractivity contribution in [2.75, 3.05) is 19.6 Å². The van der Waals surface area contributed by atoms with Crippen LogP contribution in [0.15, 0.2) is 41.3 Å². The van der Waals surface area contributed by atoms with Gasteiger partial charge in [0.2, 0.25) is 10.0 Å². The summed E-state index contributed by atoms with van der Waals surface area (Å²) in [5, 5.41) is 3.89. The molecule has 0 spiro atoms. The van der Waals surface area contributed by atoms with Crippen molar-refractivity contribution >= 4 is 21.6 Å². The van der Waals surface area contributed by atoms with Crippen molar-refractivity contribution in [3.05, 3.63) is 41.4 Å². The largest absolute Gasteiger partial charge is 0.315 e. The molecule has 1 aromatic rings. The van der Waals surface area contributed by atoms with Gasteiger partial charge in [0, 0.05) is 18.1 Å². The average molecular weight is 341 g/mol. The van der Waals surface area contributed by atoms with Crippen LogP contribution in [0.25, 0.3) is 0 Å². The van der Waals surface area contributed by atoms with Gasteiger partial charge in [-0.25, -0.2) is 13.1 Å². The van der Waals surface area contributed by atoms with Crippen molar-refractivity contribution in [3.63, 3.8) is 0 Å². The first-order valence-electron chi connectivity index (χ1n) is 7.69. The van der Waals surface area contributed by atoms with E-state index in [1.54, 1.807) is 12.1 Å². The van der Waals surface area contributed by atoms with Gasteiger partial charge in [0.25, 0.3) is 0 Å². The van der Waals surface area contributed by atoms with E-state index >= 15 is 0 Å². The maximum atomic E-state index is 12.1. The molecule has 3 atom stereocenters. The monoisotopic (exact) mass is 340 g/mol. The van der Waals surface area contributed by atoms with Crippen LogP contribution in [0.1, 0.15) is 12.8 Å². The third kappa shape index (κ3) is 3.71. The number of hydrogen-bond acceptors (Lipinski definition) is 3. The number of nitrogens with one attached hydrogen (secondary N) is 2. The van der Waals surface area contributed by atoms with Crippen molar-refractivity contribution in [2.24, 2.45) is 17.8 Å². The van der Waals surface area contributed by atoms with Gasteiger partial charge in [0.1, 0.15) is 0 Å². The molecule has 0 aromatic heterocycles. The highest BCUT2D eigenvalue weighted by Gasteiger charge is 2.34. The second kappa shape index (κ2) is 6.71. The van der Waals surface area contributed by atoms with E-state index in [9.17, 15) is 8.42 Å². The minimum Gasteiger partial charge on any atom is -0.315 e. The van der Waals surface area contributed by atoms with Crippen LogP contribution in [0, 0.1) is 17.8 Å². The van der Waals surface area contributed by atoms with Gasteiger partial charge in [-0.2, -0.15) is 0 Å². The van der Waals surface area contributed by atoms with Crippen LogP contribution >= 0.6 is 11.6 Å². The lowest BCUT2D eigenvalue weighted by atomic mass is 9.94. The minimum atomic E-state index is -3.44. The molecule has 0 unspecified atom stereocenters. The molecule has 0 saturated heterocycles. The van der Waals surface area contributed by atoms with Crippen LogP contribution in [0.4, 0.5) is 0 Å². The number of allylic oxidation sites excluding steroid dienone is 2. The summed E-state index contributed by atoms with van der Waals surface area (Å²) in [5.74, 6) is 2.21. The predicted octanol–water partition coefficient (Wildman–Crippen LogP) is 2.42. The number of sulfonamides is 1. The molecule has 0 aliphatic heterocycles. The maximum Gasteiger partial charge on any atom is 0.240 e. The molecular weight excluding hydrogens is 320 g/mol. The number of benzene rings is 1. The summed E-state index contributed by atoms with van der Waals surface area (Å²) >= 11 is 5.77. The van der Waals surface area contributed by atoms with Gasteiger partial charge in [0.05, 0.1) is 4.90 Å². The van der Waals surface area contributed by atoms with Gasteiger partial charge in [0.15, 0.2) is 0 Å². The Labute approximate surface area is 137 Å². The molecule has 120 valence electrons. The molecule has 1 fully saturated rings. The molecule has 3 rings (SSSR count). The predicted molar refractivity (Wildman–Crippen MR) is 88.4 cm³/mol. The maximum absolute atomic E-state index is 12.1. The fourth-order valence-corrected chi connectivity index (χ4v) is 4.55. The zero-order chi connectivity index (χ0) is 15.6. The molecule has 4 nitrogen and oxygen atoms in total. The molecule has 22 heavy (non-hydrogen) atoms. The SMILES string of the molecule is O=S(=O)(NCCNC[C@@H]1C[C@H]2C=C[C@H]1C2)c1ccc(Cl)cc1. The summed E-state index contributed by atoms with van der Waals surface area (Å²) < 4.78 is 26.8. The number of halogens is 1. The van der Waals surface area contributed by atoms with E-state index in [4.69, 9.17) is 11.6 Å². The second-order valence-corrected chi connectivity index (χ2v) is 8.30. The minimum absolute atomic E-state index is 0.245. The van der Waals surface area contributed by atoms with Gasteiger partial charge in [-0.3, -0.25) is 0 Å². The van der Waals surface area contributed by atoms with E-state index in [0.717, 1.165) is 18.4 Å². The Bertz CT molecular complexity index is 643. The van der Waals surface area contributed by atoms with E-state index in [1.165, 1.54) is 25.0 Å². The fourth-order valence-electron chi connectivity index (χ4n) is 3.39. The average Bonchev–Trinajstić information content (AvgIpc) is 3.10. The highest BCUT2D eigenvalue weighted by molar-refractivity contribution is 7.89. The summed E-state index contributed by atoms with van der Waals surface area (Å²) in [4.78, 5) is 0.245. The van der Waals surface area contributed by atoms with Crippen LogP contribution in [0.5, 0.6) is 0 Å². The molecular formula is C16H21ClN2O2S. The van der Waals surface area contributed by atoms with Gasteiger partial charge in [-0.05, 0) is 61.4 Å². The summed E-state index contributed by atoms with van der Waals surface area (Å²) in [6, 6.07) is 6.19. The normalized spacial score (nSPS) is 26.7. The number of rotatable bonds is 7. The molecule has 2 N–H and O–H groups in total. The van der Waals surface area contributed by atoms with Crippen LogP contribution in [0.2, 0.25) is 5.02 Å². The first kappa shape index (κ1) is 16.0. The van der Waals surface area contributed by atoms with Crippen molar-refractivity contribution in [3.8, 4) is 0 Å². The Hall–Kier alpha value is -0.880. The molecule has 0 heterocycles. The van der Waals surface area contributed by atoms with Crippen molar-refractivity contribution in [1.82, 2.24) is 10.0 Å². The first-order valence-corrected chi connectivity index (χ1v) is 9.55. The topological polar surface area (TPSA) is 58.2 Å². The zero-order valence-electron chi connectivity index (χ0n) is 12.3. The highest BCUT2D eigenvalue weighted by Crippen LogP contribution is 2.42. The molecule has 1 saturated carbocycles. The number of hydrogen-bond donors (Lipinski definition) is 2. The molecule has 0 radical (unpaired) electrons. The molecule has 1 aromatic carbocycles. The van der Waals surface area contributed by atoms with E-state index in [-0.39, 0.29) is 4.90 Å². The van der Waals surface area contributed by atoms with Gasteiger partial charge >= 0.3 is 0 Å². The Morgan fingerprint density at radius 3 is 2.50 bits per heavy atom. The quantitative estimate of drug-likeness (QED) is 0.592. The van der Waals surface area contributed by atoms with Crippen molar-refractivity contribution < 1.29 is 8.42 Å². The fraction of sp³-hybridized carbons (Fsp3) is 0.500. The Morgan fingerprint density at radius 2 is 1.86 bits per heavy atom. The van der Waals surface area contributed by atoms with Gasteiger partial charge in [-0.1, -0.05) is 23.8 Å². The van der Waals surface area contributed by atoms with Crippen LogP contribution < -0.4 is 10.0 Å². The van der Waals surface area contributed by atoms with Crippen LogP contribution in [-0.4, -0.2) is 28.1 Å². The molecule has 2 bridgehead atoms. The van der Waals surface area contributed by atoms with E-state index < -0.39 is 10.0 Å². The molecule has 2 aliphatic rings. The van der Waals surface area contributed by atoms with Crippen molar-refractivity contribution in [1.29, 1.82) is 0 Å². The summed E-state index contributed by atoms with van der Waals surface area (Å²) in [7, 11) is -3.44. The molecule has 2 aliphatic carbocycles. The second-order valence-electron chi connectivity index (χ2n) is 6.10. The van der Waals surface area contributed by atoms with Crippen LogP contribution in [0.3, 0.4) is 0 Å². The molecule has 0 amide bonds. The van der Waals surface area contributed by atoms with Gasteiger partial charge < -0.3 is 5.32 Å². The Morgan fingerprint density at radius 1 is 1.09 bits per heavy atom. The van der Waals surface area contributed by atoms with Crippen molar-refractivity contribution in [2.45, 2.75) is 17.7 Å². The van der Waals surface area contributed by atoms with E-state index in [0.29, 0.717) is 24.0 Å². The lowest BCUT2D eigenvalue weighted by Crippen LogP contribution is -2.34. The standard InChI is InChI=1S/C16H21ClN2O2S/c17-15-3-5-16(6-4-15)22(20,21)19-8-7-18-11-14-10-12-1-2-13(14)9-12/h1-6,12-14,18-19H,7-11H2/t12-,13-,14-/m0/s1. The first-order chi connectivity index (χ1) is 10.5. The molecule has 6 heteroatoms. The Balaban J connectivity index is 1.39. The summed E-state index contributed by atoms with van der Waals surface area (Å²) in [5.41, 5.74) is 0. The van der Waals surface area contributed by atoms with Gasteiger partial charge in [-0.15, -0.1) is 0 Å². The summed E-state index contributed by atoms with van der Waals surface area (Å²) in [6.07, 6.45) is 7.24. The lowest BCUT2D eigenvalue weighted by Gasteiger charge is -2.18. The third-order valence-electron chi connectivity index (χ3n) is 4.54. The lowest BCUT2D eigenvalue weighted by molar-refractivity contribution is 0.416. The summed E-state index contributed by atoms with van der Waals surface area (Å²) in [6.45, 7) is 2.00. The zero-order valence-corrected chi connectivity index (χ0v) is 13.9. The smallest absolute Gasteiger partial charge is 0.240 e. The number of fused-ring (bicyclic) bond motifs is 2. The third-order valence-corrected chi connectivity index (χ3v) is 6.27.